The fourth-order valence-corrected chi connectivity index (χ4v) is 1.91. The minimum atomic E-state index is -1.02. The lowest BCUT2D eigenvalue weighted by molar-refractivity contribution is 0.0696. The van der Waals surface area contributed by atoms with Crippen LogP contribution in [0.4, 0.5) is 10.2 Å². The van der Waals surface area contributed by atoms with E-state index >= 15 is 0 Å². The van der Waals surface area contributed by atoms with E-state index in [1.807, 2.05) is 4.90 Å². The number of fused-ring (bicyclic) bond motifs is 1. The summed E-state index contributed by atoms with van der Waals surface area (Å²) in [5.41, 5.74) is 0.602. The molecule has 5 nitrogen and oxygen atoms in total. The van der Waals surface area contributed by atoms with Gasteiger partial charge < -0.3 is 10.0 Å². The second-order valence-electron chi connectivity index (χ2n) is 4.25. The van der Waals surface area contributed by atoms with E-state index in [0.29, 0.717) is 29.9 Å². The maximum absolute atomic E-state index is 12.8. The van der Waals surface area contributed by atoms with Crippen LogP contribution in [0.1, 0.15) is 10.4 Å². The molecule has 92 valence electrons. The average molecular weight is 247 g/mol. The number of halogens is 1. The predicted molar refractivity (Wildman–Crippen MR) is 63.6 cm³/mol. The molecule has 3 heterocycles. The highest BCUT2D eigenvalue weighted by Gasteiger charge is 2.27. The smallest absolute Gasteiger partial charge is 0.337 e. The Bertz CT molecular complexity index is 626. The van der Waals surface area contributed by atoms with E-state index < -0.39 is 12.1 Å². The normalized spacial score (nSPS) is 15.7. The van der Waals surface area contributed by atoms with Gasteiger partial charge in [0, 0.05) is 11.6 Å². The molecule has 0 bridgehead atoms. The monoisotopic (exact) mass is 247 g/mol. The molecule has 0 aliphatic carbocycles. The zero-order valence-electron chi connectivity index (χ0n) is 9.38. The molecule has 1 aliphatic rings. The summed E-state index contributed by atoms with van der Waals surface area (Å²) in [4.78, 5) is 20.9. The van der Waals surface area contributed by atoms with Crippen LogP contribution in [-0.4, -0.2) is 40.3 Å². The molecule has 0 radical (unpaired) electrons. The van der Waals surface area contributed by atoms with Gasteiger partial charge in [-0.05, 0) is 18.2 Å². The zero-order valence-corrected chi connectivity index (χ0v) is 9.38. The molecule has 1 saturated heterocycles. The molecule has 1 aliphatic heterocycles. The summed E-state index contributed by atoms with van der Waals surface area (Å²) >= 11 is 0. The molecule has 2 aromatic rings. The largest absolute Gasteiger partial charge is 0.478 e. The number of nitrogens with zero attached hydrogens (tertiary/aromatic N) is 3. The van der Waals surface area contributed by atoms with Crippen LogP contribution in [-0.2, 0) is 0 Å². The number of pyridine rings is 2. The van der Waals surface area contributed by atoms with Crippen LogP contribution in [0, 0.1) is 0 Å². The topological polar surface area (TPSA) is 66.3 Å². The fourth-order valence-electron chi connectivity index (χ4n) is 1.91. The molecule has 18 heavy (non-hydrogen) atoms. The lowest BCUT2D eigenvalue weighted by atomic mass is 10.1. The molecule has 0 unspecified atom stereocenters. The van der Waals surface area contributed by atoms with E-state index in [9.17, 15) is 9.18 Å². The van der Waals surface area contributed by atoms with Gasteiger partial charge in [-0.3, -0.25) is 0 Å². The molecule has 0 spiro atoms. The molecule has 3 rings (SSSR count). The van der Waals surface area contributed by atoms with E-state index in [2.05, 4.69) is 9.97 Å². The standard InChI is InChI=1S/C12H10FN3O2/c13-9-5-16(6-9)10-2-1-7-3-8(12(17)18)4-14-11(7)15-10/h1-4,9H,5-6H2,(H,17,18). The first-order valence-corrected chi connectivity index (χ1v) is 5.52. The van der Waals surface area contributed by atoms with Crippen molar-refractivity contribution in [1.29, 1.82) is 0 Å². The van der Waals surface area contributed by atoms with Crippen molar-refractivity contribution < 1.29 is 14.3 Å². The average Bonchev–Trinajstić information content (AvgIpc) is 2.33. The lowest BCUT2D eigenvalue weighted by Gasteiger charge is -2.35. The number of carboxylic acids is 1. The molecule has 1 N–H and O–H groups in total. The first-order valence-electron chi connectivity index (χ1n) is 5.52. The number of carboxylic acid groups (broad SMARTS) is 1. The van der Waals surface area contributed by atoms with Crippen molar-refractivity contribution in [3.63, 3.8) is 0 Å². The summed E-state index contributed by atoms with van der Waals surface area (Å²) in [6.07, 6.45) is 0.486. The van der Waals surface area contributed by atoms with Crippen LogP contribution in [0.25, 0.3) is 11.0 Å². The van der Waals surface area contributed by atoms with Crippen LogP contribution in [0.2, 0.25) is 0 Å². The highest BCUT2D eigenvalue weighted by Crippen LogP contribution is 2.22. The predicted octanol–water partition coefficient (Wildman–Crippen LogP) is 1.49. The summed E-state index contributed by atoms with van der Waals surface area (Å²) < 4.78 is 12.8. The number of aromatic nitrogens is 2. The Balaban J connectivity index is 1.98. The molecule has 6 heteroatoms. The number of anilines is 1. The van der Waals surface area contributed by atoms with Crippen molar-refractivity contribution in [2.75, 3.05) is 18.0 Å². The van der Waals surface area contributed by atoms with E-state index in [0.717, 1.165) is 0 Å². The Hall–Kier alpha value is -2.24. The van der Waals surface area contributed by atoms with Crippen LogP contribution in [0.15, 0.2) is 24.4 Å². The van der Waals surface area contributed by atoms with Gasteiger partial charge in [-0.1, -0.05) is 0 Å². The SMILES string of the molecule is O=C(O)c1cnc2nc(N3CC(F)C3)ccc2c1. The highest BCUT2D eigenvalue weighted by atomic mass is 19.1. The van der Waals surface area contributed by atoms with E-state index in [1.54, 1.807) is 12.1 Å². The summed E-state index contributed by atoms with van der Waals surface area (Å²) in [5.74, 6) is -0.344. The van der Waals surface area contributed by atoms with E-state index in [-0.39, 0.29) is 5.56 Å². The molecular weight excluding hydrogens is 237 g/mol. The molecule has 2 aromatic heterocycles. The summed E-state index contributed by atoms with van der Waals surface area (Å²) in [5, 5.41) is 9.52. The first-order chi connectivity index (χ1) is 8.63. The summed E-state index contributed by atoms with van der Waals surface area (Å²) in [7, 11) is 0. The van der Waals surface area contributed by atoms with Crippen LogP contribution in [0.5, 0.6) is 0 Å². The Morgan fingerprint density at radius 3 is 2.89 bits per heavy atom. The van der Waals surface area contributed by atoms with Gasteiger partial charge in [-0.15, -0.1) is 0 Å². The van der Waals surface area contributed by atoms with Gasteiger partial charge in [0.1, 0.15) is 12.0 Å². The molecule has 1 fully saturated rings. The second kappa shape index (κ2) is 3.90. The molecule has 0 amide bonds. The molecule has 0 atom stereocenters. The fraction of sp³-hybridized carbons (Fsp3) is 0.250. The minimum Gasteiger partial charge on any atom is -0.478 e. The van der Waals surface area contributed by atoms with Crippen LogP contribution < -0.4 is 4.90 Å². The minimum absolute atomic E-state index is 0.129. The Morgan fingerprint density at radius 1 is 1.44 bits per heavy atom. The highest BCUT2D eigenvalue weighted by molar-refractivity contribution is 5.91. The number of carbonyl (C=O) groups is 1. The van der Waals surface area contributed by atoms with Crippen molar-refractivity contribution in [1.82, 2.24) is 9.97 Å². The molecular formula is C12H10FN3O2. The number of rotatable bonds is 2. The quantitative estimate of drug-likeness (QED) is 0.870. The van der Waals surface area contributed by atoms with Gasteiger partial charge >= 0.3 is 5.97 Å². The van der Waals surface area contributed by atoms with Crippen molar-refractivity contribution in [2.45, 2.75) is 6.17 Å². The van der Waals surface area contributed by atoms with Gasteiger partial charge in [0.15, 0.2) is 5.65 Å². The summed E-state index contributed by atoms with van der Waals surface area (Å²) in [6.45, 7) is 0.706. The maximum atomic E-state index is 12.8. The Kier molecular flexibility index (Phi) is 2.36. The van der Waals surface area contributed by atoms with Gasteiger partial charge in [0.2, 0.25) is 0 Å². The third-order valence-electron chi connectivity index (χ3n) is 2.94. The Morgan fingerprint density at radius 2 is 2.22 bits per heavy atom. The van der Waals surface area contributed by atoms with Crippen molar-refractivity contribution >= 4 is 22.8 Å². The molecule has 0 aromatic carbocycles. The number of hydrogen-bond acceptors (Lipinski definition) is 4. The molecule has 0 saturated carbocycles. The van der Waals surface area contributed by atoms with E-state index in [1.165, 1.54) is 12.3 Å². The van der Waals surface area contributed by atoms with Crippen molar-refractivity contribution in [3.8, 4) is 0 Å². The number of alkyl halides is 1. The van der Waals surface area contributed by atoms with Gasteiger partial charge in [-0.2, -0.15) is 0 Å². The third-order valence-corrected chi connectivity index (χ3v) is 2.94. The number of aromatic carboxylic acids is 1. The second-order valence-corrected chi connectivity index (χ2v) is 4.25. The van der Waals surface area contributed by atoms with Crippen molar-refractivity contribution in [2.24, 2.45) is 0 Å². The Labute approximate surface area is 102 Å². The zero-order chi connectivity index (χ0) is 12.7. The lowest BCUT2D eigenvalue weighted by Crippen LogP contribution is -2.48. The van der Waals surface area contributed by atoms with Crippen LogP contribution >= 0.6 is 0 Å². The summed E-state index contributed by atoms with van der Waals surface area (Å²) in [6, 6.07) is 5.03. The van der Waals surface area contributed by atoms with Gasteiger partial charge in [-0.25, -0.2) is 19.2 Å². The van der Waals surface area contributed by atoms with Crippen LogP contribution in [0.3, 0.4) is 0 Å². The van der Waals surface area contributed by atoms with Gasteiger partial charge in [0.05, 0.1) is 18.7 Å². The van der Waals surface area contributed by atoms with E-state index in [4.69, 9.17) is 5.11 Å². The number of hydrogen-bond donors (Lipinski definition) is 1. The van der Waals surface area contributed by atoms with Crippen molar-refractivity contribution in [3.05, 3.63) is 30.0 Å². The maximum Gasteiger partial charge on any atom is 0.337 e. The van der Waals surface area contributed by atoms with Gasteiger partial charge in [0.25, 0.3) is 0 Å². The third kappa shape index (κ3) is 1.75. The first kappa shape index (κ1) is 10.9.